The molecule has 4 aromatic rings. The first-order valence-electron chi connectivity index (χ1n) is 11.5. The molecule has 1 fully saturated rings. The molecule has 0 aliphatic carbocycles. The summed E-state index contributed by atoms with van der Waals surface area (Å²) in [5, 5.41) is 5.19. The van der Waals surface area contributed by atoms with Gasteiger partial charge in [-0.3, -0.25) is 9.59 Å². The van der Waals surface area contributed by atoms with E-state index in [4.69, 9.17) is 4.74 Å². The van der Waals surface area contributed by atoms with Gasteiger partial charge in [-0.25, -0.2) is 0 Å². The highest BCUT2D eigenvalue weighted by Gasteiger charge is 2.37. The van der Waals surface area contributed by atoms with Crippen LogP contribution in [0.15, 0.2) is 97.1 Å². The van der Waals surface area contributed by atoms with E-state index in [2.05, 4.69) is 29.6 Å². The summed E-state index contributed by atoms with van der Waals surface area (Å²) < 4.78 is 5.85. The fourth-order valence-electron chi connectivity index (χ4n) is 4.33. The molecule has 1 aliphatic rings. The zero-order valence-electron chi connectivity index (χ0n) is 19.0. The molecule has 0 radical (unpaired) electrons. The molecule has 170 valence electrons. The van der Waals surface area contributed by atoms with E-state index in [1.807, 2.05) is 72.8 Å². The van der Waals surface area contributed by atoms with Crippen LogP contribution in [-0.2, 0) is 22.6 Å². The Labute approximate surface area is 199 Å². The molecule has 34 heavy (non-hydrogen) atoms. The quantitative estimate of drug-likeness (QED) is 0.445. The zero-order valence-corrected chi connectivity index (χ0v) is 19.0. The maximum absolute atomic E-state index is 13.3. The van der Waals surface area contributed by atoms with Crippen molar-refractivity contribution in [3.63, 3.8) is 0 Å². The fourth-order valence-corrected chi connectivity index (χ4v) is 4.33. The lowest BCUT2D eigenvalue weighted by atomic mass is 9.98. The van der Waals surface area contributed by atoms with Crippen LogP contribution in [0.3, 0.4) is 0 Å². The van der Waals surface area contributed by atoms with E-state index in [1.165, 1.54) is 0 Å². The summed E-state index contributed by atoms with van der Waals surface area (Å²) in [4.78, 5) is 27.7. The van der Waals surface area contributed by atoms with Gasteiger partial charge in [0.1, 0.15) is 23.6 Å². The second-order valence-corrected chi connectivity index (χ2v) is 8.65. The van der Waals surface area contributed by atoms with Gasteiger partial charge in [-0.05, 0) is 53.1 Å². The van der Waals surface area contributed by atoms with Crippen LogP contribution < -0.4 is 10.1 Å². The number of rotatable bonds is 6. The van der Waals surface area contributed by atoms with Crippen LogP contribution in [0.4, 0.5) is 0 Å². The third kappa shape index (κ3) is 4.64. The van der Waals surface area contributed by atoms with Gasteiger partial charge >= 0.3 is 0 Å². The van der Waals surface area contributed by atoms with Crippen LogP contribution in [0.1, 0.15) is 18.1 Å². The zero-order chi connectivity index (χ0) is 23.5. The van der Waals surface area contributed by atoms with E-state index in [0.717, 1.165) is 33.4 Å². The topological polar surface area (TPSA) is 58.6 Å². The van der Waals surface area contributed by atoms with Crippen molar-refractivity contribution in [2.75, 3.05) is 0 Å². The number of amides is 2. The number of para-hydroxylation sites is 1. The van der Waals surface area contributed by atoms with Gasteiger partial charge in [-0.2, -0.15) is 0 Å². The number of hydrogen-bond acceptors (Lipinski definition) is 3. The Bertz CT molecular complexity index is 1320. The average Bonchev–Trinajstić information content (AvgIpc) is 2.87. The van der Waals surface area contributed by atoms with Crippen LogP contribution in [-0.4, -0.2) is 28.8 Å². The highest BCUT2D eigenvalue weighted by molar-refractivity contribution is 5.97. The largest absolute Gasteiger partial charge is 0.457 e. The molecule has 0 aromatic heterocycles. The van der Waals surface area contributed by atoms with E-state index in [9.17, 15) is 9.59 Å². The van der Waals surface area contributed by atoms with Crippen molar-refractivity contribution in [1.29, 1.82) is 0 Å². The number of fused-ring (bicyclic) bond motifs is 1. The molecule has 0 saturated carbocycles. The van der Waals surface area contributed by atoms with Crippen molar-refractivity contribution >= 4 is 22.6 Å². The van der Waals surface area contributed by atoms with Gasteiger partial charge in [0.15, 0.2) is 0 Å². The molecule has 0 unspecified atom stereocenters. The van der Waals surface area contributed by atoms with Gasteiger partial charge < -0.3 is 15.0 Å². The van der Waals surface area contributed by atoms with Crippen molar-refractivity contribution in [2.45, 2.75) is 32.0 Å². The molecule has 2 amide bonds. The first-order chi connectivity index (χ1) is 16.6. The summed E-state index contributed by atoms with van der Waals surface area (Å²) in [6.07, 6.45) is 0.461. The number of hydrogen-bond donors (Lipinski definition) is 1. The molecular weight excluding hydrogens is 424 g/mol. The summed E-state index contributed by atoms with van der Waals surface area (Å²) in [7, 11) is 0. The van der Waals surface area contributed by atoms with Crippen molar-refractivity contribution in [1.82, 2.24) is 10.2 Å². The van der Waals surface area contributed by atoms with Gasteiger partial charge in [0.05, 0.1) is 0 Å². The first kappa shape index (κ1) is 21.7. The Morgan fingerprint density at radius 1 is 0.765 bits per heavy atom. The lowest BCUT2D eigenvalue weighted by Crippen LogP contribution is -2.62. The van der Waals surface area contributed by atoms with Crippen molar-refractivity contribution in [2.24, 2.45) is 0 Å². The highest BCUT2D eigenvalue weighted by atomic mass is 16.5. The van der Waals surface area contributed by atoms with Crippen LogP contribution in [0.25, 0.3) is 10.8 Å². The molecule has 4 aromatic carbocycles. The lowest BCUT2D eigenvalue weighted by Gasteiger charge is -2.37. The number of carbonyl (C=O) groups excluding carboxylic acids is 2. The minimum absolute atomic E-state index is 0.0649. The number of nitrogens with zero attached hydrogens (tertiary/aromatic N) is 1. The Morgan fingerprint density at radius 2 is 1.41 bits per heavy atom. The van der Waals surface area contributed by atoms with E-state index >= 15 is 0 Å². The molecule has 0 bridgehead atoms. The van der Waals surface area contributed by atoms with Crippen LogP contribution in [0.5, 0.6) is 11.5 Å². The molecule has 5 rings (SSSR count). The molecule has 1 N–H and O–H groups in total. The summed E-state index contributed by atoms with van der Waals surface area (Å²) in [6, 6.07) is 30.4. The monoisotopic (exact) mass is 450 g/mol. The predicted octanol–water partition coefficient (Wildman–Crippen LogP) is 5.09. The van der Waals surface area contributed by atoms with Crippen molar-refractivity contribution in [3.8, 4) is 11.5 Å². The van der Waals surface area contributed by atoms with Gasteiger partial charge in [-0.15, -0.1) is 0 Å². The molecule has 0 spiro atoms. The second kappa shape index (κ2) is 9.40. The predicted molar refractivity (Wildman–Crippen MR) is 133 cm³/mol. The molecule has 5 heteroatoms. The summed E-state index contributed by atoms with van der Waals surface area (Å²) in [5.41, 5.74) is 1.97. The Morgan fingerprint density at radius 3 is 2.18 bits per heavy atom. The fraction of sp³-hybridized carbons (Fsp3) is 0.172. The van der Waals surface area contributed by atoms with Crippen LogP contribution in [0.2, 0.25) is 0 Å². The summed E-state index contributed by atoms with van der Waals surface area (Å²) in [6.45, 7) is 2.14. The van der Waals surface area contributed by atoms with E-state index in [-0.39, 0.29) is 11.8 Å². The molecule has 5 nitrogen and oxygen atoms in total. The van der Waals surface area contributed by atoms with Gasteiger partial charge in [0, 0.05) is 13.0 Å². The number of benzene rings is 4. The maximum atomic E-state index is 13.3. The van der Waals surface area contributed by atoms with E-state index in [1.54, 1.807) is 11.8 Å². The third-order valence-electron chi connectivity index (χ3n) is 6.25. The number of nitrogens with one attached hydrogen (secondary N) is 1. The Balaban J connectivity index is 1.29. The van der Waals surface area contributed by atoms with Gasteiger partial charge in [0.2, 0.25) is 11.8 Å². The maximum Gasteiger partial charge on any atom is 0.246 e. The summed E-state index contributed by atoms with van der Waals surface area (Å²) >= 11 is 0. The van der Waals surface area contributed by atoms with Gasteiger partial charge in [-0.1, -0.05) is 72.8 Å². The SMILES string of the molecule is C[C@H]1C(=O)N[C@@H](Cc2ccc3ccccc3c2)C(=O)N1Cc1ccc(Oc2ccccc2)cc1. The standard InChI is InChI=1S/C29H26N2O3/c1-20-28(32)30-27(18-22-11-14-23-7-5-6-8-24(23)17-22)29(33)31(20)19-21-12-15-26(16-13-21)34-25-9-3-2-4-10-25/h2-17,20,27H,18-19H2,1H3,(H,30,32)/t20-,27-/m0/s1. The van der Waals surface area contributed by atoms with Crippen molar-refractivity contribution < 1.29 is 14.3 Å². The second-order valence-electron chi connectivity index (χ2n) is 8.65. The number of ether oxygens (including phenoxy) is 1. The molecular formula is C29H26N2O3. The lowest BCUT2D eigenvalue weighted by molar-refractivity contribution is -0.149. The van der Waals surface area contributed by atoms with Crippen molar-refractivity contribution in [3.05, 3.63) is 108 Å². The number of piperazine rings is 1. The van der Waals surface area contributed by atoms with E-state index < -0.39 is 12.1 Å². The Kier molecular flexibility index (Phi) is 6.00. The van der Waals surface area contributed by atoms with Crippen LogP contribution in [0, 0.1) is 0 Å². The highest BCUT2D eigenvalue weighted by Crippen LogP contribution is 2.24. The molecule has 2 atom stereocenters. The molecule has 1 saturated heterocycles. The Hall–Kier alpha value is -4.12. The number of carbonyl (C=O) groups is 2. The summed E-state index contributed by atoms with van der Waals surface area (Å²) in [5.74, 6) is 1.29. The first-order valence-corrected chi connectivity index (χ1v) is 11.5. The normalized spacial score (nSPS) is 18.1. The molecule has 1 aliphatic heterocycles. The third-order valence-corrected chi connectivity index (χ3v) is 6.25. The van der Waals surface area contributed by atoms with Gasteiger partial charge in [0.25, 0.3) is 0 Å². The minimum Gasteiger partial charge on any atom is -0.457 e. The van der Waals surface area contributed by atoms with E-state index in [0.29, 0.717) is 13.0 Å². The average molecular weight is 451 g/mol. The smallest absolute Gasteiger partial charge is 0.246 e. The minimum atomic E-state index is -0.578. The molecule has 1 heterocycles. The van der Waals surface area contributed by atoms with Crippen LogP contribution >= 0.6 is 0 Å².